The van der Waals surface area contributed by atoms with Crippen LogP contribution in [0.2, 0.25) is 0 Å². The van der Waals surface area contributed by atoms with Crippen LogP contribution in [0.25, 0.3) is 21.1 Å². The molecule has 1 amide bonds. The van der Waals surface area contributed by atoms with Gasteiger partial charge >= 0.3 is 0 Å². The molecule has 3 aromatic rings. The van der Waals surface area contributed by atoms with E-state index in [0.717, 1.165) is 28.3 Å². The minimum Gasteiger partial charge on any atom is -0.382 e. The highest BCUT2D eigenvalue weighted by Crippen LogP contribution is 2.35. The van der Waals surface area contributed by atoms with Crippen LogP contribution >= 0.6 is 22.7 Å². The number of hydrogen-bond acceptors (Lipinski definition) is 6. The number of nitrogens with zero attached hydrogens (tertiary/aromatic N) is 2. The number of hydrogen-bond donors (Lipinski definition) is 2. The number of thiophene rings is 2. The summed E-state index contributed by atoms with van der Waals surface area (Å²) in [6, 6.07) is 7.87. The molecule has 0 saturated heterocycles. The van der Waals surface area contributed by atoms with Gasteiger partial charge in [0.1, 0.15) is 11.4 Å². The Balaban J connectivity index is 2.03. The van der Waals surface area contributed by atoms with Gasteiger partial charge in [-0.15, -0.1) is 22.7 Å². The zero-order valence-corrected chi connectivity index (χ0v) is 14.9. The smallest absolute Gasteiger partial charge is 0.273 e. The first kappa shape index (κ1) is 16.6. The quantitative estimate of drug-likeness (QED) is 0.652. The molecule has 0 aliphatic carbocycles. The van der Waals surface area contributed by atoms with E-state index >= 15 is 0 Å². The SMILES string of the molecule is CCCCNC(=O)c1nc(-c2cccs2)c(-c2cccs2)nc1N. The third kappa shape index (κ3) is 3.47. The van der Waals surface area contributed by atoms with Crippen molar-refractivity contribution in [2.24, 2.45) is 0 Å². The van der Waals surface area contributed by atoms with Crippen LogP contribution in [0.1, 0.15) is 30.3 Å². The van der Waals surface area contributed by atoms with E-state index in [1.165, 1.54) is 0 Å². The number of nitrogen functional groups attached to an aromatic ring is 1. The third-order valence-corrected chi connectivity index (χ3v) is 5.22. The molecule has 0 saturated carbocycles. The standard InChI is InChI=1S/C17H18N4OS2/c1-2-3-8-19-17(22)15-16(18)21-14(12-7-5-10-24-12)13(20-15)11-6-4-9-23-11/h4-7,9-10H,2-3,8H2,1H3,(H2,18,21)(H,19,22). The number of anilines is 1. The van der Waals surface area contributed by atoms with Gasteiger partial charge in [-0.3, -0.25) is 4.79 Å². The summed E-state index contributed by atoms with van der Waals surface area (Å²) in [4.78, 5) is 23.4. The highest BCUT2D eigenvalue weighted by atomic mass is 32.1. The summed E-state index contributed by atoms with van der Waals surface area (Å²) in [5, 5.41) is 6.81. The van der Waals surface area contributed by atoms with Gasteiger partial charge in [-0.25, -0.2) is 9.97 Å². The Morgan fingerprint density at radius 1 is 1.12 bits per heavy atom. The summed E-state index contributed by atoms with van der Waals surface area (Å²) in [5.41, 5.74) is 7.63. The Morgan fingerprint density at radius 3 is 2.29 bits per heavy atom. The number of nitrogens with two attached hydrogens (primary N) is 1. The lowest BCUT2D eigenvalue weighted by Crippen LogP contribution is -2.27. The van der Waals surface area contributed by atoms with Gasteiger partial charge in [-0.05, 0) is 29.3 Å². The molecule has 0 atom stereocenters. The van der Waals surface area contributed by atoms with E-state index in [9.17, 15) is 4.79 Å². The lowest BCUT2D eigenvalue weighted by Gasteiger charge is -2.11. The molecule has 3 rings (SSSR count). The van der Waals surface area contributed by atoms with Crippen molar-refractivity contribution < 1.29 is 4.79 Å². The van der Waals surface area contributed by atoms with Gasteiger partial charge in [0.05, 0.1) is 9.75 Å². The van der Waals surface area contributed by atoms with Gasteiger partial charge in [0.2, 0.25) is 0 Å². The van der Waals surface area contributed by atoms with E-state index in [0.29, 0.717) is 12.2 Å². The molecule has 3 N–H and O–H groups in total. The number of amides is 1. The van der Waals surface area contributed by atoms with Crippen molar-refractivity contribution in [3.8, 4) is 21.1 Å². The summed E-state index contributed by atoms with van der Waals surface area (Å²) in [6.45, 7) is 2.68. The fraction of sp³-hybridized carbons (Fsp3) is 0.235. The second-order valence-electron chi connectivity index (χ2n) is 5.22. The minimum absolute atomic E-state index is 0.160. The molecule has 24 heavy (non-hydrogen) atoms. The second-order valence-corrected chi connectivity index (χ2v) is 7.11. The highest BCUT2D eigenvalue weighted by molar-refractivity contribution is 7.14. The average molecular weight is 358 g/mol. The Bertz CT molecular complexity index is 813. The first-order valence-corrected chi connectivity index (χ1v) is 9.50. The highest BCUT2D eigenvalue weighted by Gasteiger charge is 2.20. The number of unbranched alkanes of at least 4 members (excludes halogenated alkanes) is 1. The minimum atomic E-state index is -0.274. The van der Waals surface area contributed by atoms with Crippen molar-refractivity contribution in [3.63, 3.8) is 0 Å². The molecule has 3 aromatic heterocycles. The van der Waals surface area contributed by atoms with Crippen molar-refractivity contribution in [1.29, 1.82) is 0 Å². The van der Waals surface area contributed by atoms with Crippen LogP contribution in [0.15, 0.2) is 35.0 Å². The lowest BCUT2D eigenvalue weighted by molar-refractivity contribution is 0.0949. The first-order valence-electron chi connectivity index (χ1n) is 7.74. The molecule has 3 heterocycles. The summed E-state index contributed by atoms with van der Waals surface area (Å²) >= 11 is 3.14. The third-order valence-electron chi connectivity index (χ3n) is 3.46. The van der Waals surface area contributed by atoms with E-state index in [1.807, 2.05) is 35.0 Å². The summed E-state index contributed by atoms with van der Waals surface area (Å²) < 4.78 is 0. The number of aromatic nitrogens is 2. The van der Waals surface area contributed by atoms with Crippen LogP contribution < -0.4 is 11.1 Å². The Hall–Kier alpha value is -2.25. The zero-order valence-electron chi connectivity index (χ0n) is 13.3. The van der Waals surface area contributed by atoms with Crippen molar-refractivity contribution in [2.45, 2.75) is 19.8 Å². The maximum Gasteiger partial charge on any atom is 0.273 e. The van der Waals surface area contributed by atoms with Crippen LogP contribution in [0, 0.1) is 0 Å². The first-order chi connectivity index (χ1) is 11.7. The van der Waals surface area contributed by atoms with Crippen LogP contribution in [0.5, 0.6) is 0 Å². The van der Waals surface area contributed by atoms with Crippen LogP contribution in [0.4, 0.5) is 5.82 Å². The van der Waals surface area contributed by atoms with Crippen molar-refractivity contribution >= 4 is 34.4 Å². The maximum absolute atomic E-state index is 12.4. The molecular formula is C17H18N4OS2. The normalized spacial score (nSPS) is 10.7. The summed E-state index contributed by atoms with van der Waals surface area (Å²) in [5.74, 6) is -0.114. The topological polar surface area (TPSA) is 80.9 Å². The summed E-state index contributed by atoms with van der Waals surface area (Å²) in [7, 11) is 0. The van der Waals surface area contributed by atoms with Crippen LogP contribution in [-0.2, 0) is 0 Å². The molecule has 0 spiro atoms. The van der Waals surface area contributed by atoms with Crippen molar-refractivity contribution in [3.05, 3.63) is 40.7 Å². The molecule has 0 aliphatic rings. The summed E-state index contributed by atoms with van der Waals surface area (Å²) in [6.07, 6.45) is 1.93. The number of nitrogens with one attached hydrogen (secondary N) is 1. The van der Waals surface area contributed by atoms with E-state index in [2.05, 4.69) is 22.2 Å². The monoisotopic (exact) mass is 358 g/mol. The van der Waals surface area contributed by atoms with Crippen LogP contribution in [-0.4, -0.2) is 22.4 Å². The largest absolute Gasteiger partial charge is 0.382 e. The Morgan fingerprint density at radius 2 is 1.75 bits per heavy atom. The van der Waals surface area contributed by atoms with Crippen molar-refractivity contribution in [2.75, 3.05) is 12.3 Å². The number of carbonyl (C=O) groups excluding carboxylic acids is 1. The van der Waals surface area contributed by atoms with Gasteiger partial charge < -0.3 is 11.1 Å². The number of carbonyl (C=O) groups is 1. The molecular weight excluding hydrogens is 340 g/mol. The van der Waals surface area contributed by atoms with Crippen molar-refractivity contribution in [1.82, 2.24) is 15.3 Å². The van der Waals surface area contributed by atoms with Gasteiger partial charge in [-0.1, -0.05) is 25.5 Å². The average Bonchev–Trinajstić information content (AvgIpc) is 3.28. The maximum atomic E-state index is 12.4. The van der Waals surface area contributed by atoms with Gasteiger partial charge in [0, 0.05) is 6.54 Å². The molecule has 124 valence electrons. The van der Waals surface area contributed by atoms with E-state index in [1.54, 1.807) is 22.7 Å². The van der Waals surface area contributed by atoms with Crippen LogP contribution in [0.3, 0.4) is 0 Å². The second kappa shape index (κ2) is 7.55. The molecule has 0 aromatic carbocycles. The van der Waals surface area contributed by atoms with Gasteiger partial charge in [0.15, 0.2) is 11.5 Å². The van der Waals surface area contributed by atoms with E-state index in [-0.39, 0.29) is 17.4 Å². The Kier molecular flexibility index (Phi) is 5.22. The molecule has 5 nitrogen and oxygen atoms in total. The fourth-order valence-electron chi connectivity index (χ4n) is 2.25. The number of rotatable bonds is 6. The molecule has 0 fully saturated rings. The van der Waals surface area contributed by atoms with Gasteiger partial charge in [0.25, 0.3) is 5.91 Å². The molecule has 0 unspecified atom stereocenters. The zero-order chi connectivity index (χ0) is 16.9. The predicted octanol–water partition coefficient (Wildman–Crippen LogP) is 4.05. The van der Waals surface area contributed by atoms with E-state index < -0.39 is 0 Å². The predicted molar refractivity (Wildman–Crippen MR) is 100 cm³/mol. The fourth-order valence-corrected chi connectivity index (χ4v) is 3.68. The van der Waals surface area contributed by atoms with E-state index in [4.69, 9.17) is 5.73 Å². The molecule has 7 heteroatoms. The molecule has 0 aliphatic heterocycles. The lowest BCUT2D eigenvalue weighted by atomic mass is 10.2. The van der Waals surface area contributed by atoms with Gasteiger partial charge in [-0.2, -0.15) is 0 Å². The molecule has 0 radical (unpaired) electrons. The Labute approximate surface area is 148 Å². The molecule has 0 bridgehead atoms.